The average molecular weight is 312 g/mol. The van der Waals surface area contributed by atoms with Gasteiger partial charge in [0.15, 0.2) is 5.82 Å². The lowest BCUT2D eigenvalue weighted by molar-refractivity contribution is -0.133. The molecule has 1 fully saturated rings. The molecule has 1 saturated carbocycles. The highest BCUT2D eigenvalue weighted by Crippen LogP contribution is 2.42. The van der Waals surface area contributed by atoms with Gasteiger partial charge in [0, 0.05) is 5.92 Å². The number of carbonyl (C=O) groups is 1. The summed E-state index contributed by atoms with van der Waals surface area (Å²) < 4.78 is 1.47. The summed E-state index contributed by atoms with van der Waals surface area (Å²) in [5.74, 6) is 6.95. The van der Waals surface area contributed by atoms with Crippen LogP contribution in [0.3, 0.4) is 0 Å². The van der Waals surface area contributed by atoms with Crippen LogP contribution in [0.1, 0.15) is 58.2 Å². The van der Waals surface area contributed by atoms with Gasteiger partial charge < -0.3 is 10.9 Å². The predicted octanol–water partition coefficient (Wildman–Crippen LogP) is 2.49. The van der Waals surface area contributed by atoms with Crippen molar-refractivity contribution in [2.75, 3.05) is 11.6 Å². The van der Waals surface area contributed by atoms with E-state index in [4.69, 9.17) is 10.9 Å². The Hall–Kier alpha value is -1.24. The van der Waals surface area contributed by atoms with Crippen LogP contribution < -0.4 is 5.84 Å². The molecule has 0 amide bonds. The van der Waals surface area contributed by atoms with Crippen molar-refractivity contribution < 1.29 is 9.90 Å². The Kier molecular flexibility index (Phi) is 4.81. The van der Waals surface area contributed by atoms with Gasteiger partial charge in [-0.15, -0.1) is 10.2 Å². The molecule has 21 heavy (non-hydrogen) atoms. The predicted molar refractivity (Wildman–Crippen MR) is 82.7 cm³/mol. The second kappa shape index (κ2) is 6.25. The molecule has 0 saturated heterocycles. The number of carboxylic acid groups (broad SMARTS) is 1. The molecular weight excluding hydrogens is 288 g/mol. The highest BCUT2D eigenvalue weighted by atomic mass is 32.2. The van der Waals surface area contributed by atoms with Gasteiger partial charge in [-0.05, 0) is 37.0 Å². The fourth-order valence-electron chi connectivity index (χ4n) is 3.01. The smallest absolute Gasteiger partial charge is 0.313 e. The Morgan fingerprint density at radius 3 is 2.48 bits per heavy atom. The number of nitrogens with zero attached hydrogens (tertiary/aromatic N) is 3. The molecule has 6 nitrogen and oxygen atoms in total. The number of hydrogen-bond donors (Lipinski definition) is 2. The van der Waals surface area contributed by atoms with E-state index in [0.29, 0.717) is 16.5 Å². The van der Waals surface area contributed by atoms with Crippen molar-refractivity contribution in [1.82, 2.24) is 14.9 Å². The van der Waals surface area contributed by atoms with Gasteiger partial charge in [0.2, 0.25) is 5.16 Å². The molecule has 0 atom stereocenters. The highest BCUT2D eigenvalue weighted by Gasteiger charge is 2.32. The van der Waals surface area contributed by atoms with Crippen molar-refractivity contribution >= 4 is 17.7 Å². The van der Waals surface area contributed by atoms with E-state index < -0.39 is 5.97 Å². The molecule has 1 aliphatic rings. The SMILES string of the molecule is CC(C)(C)C1CCC(c2nnc(SCC(=O)O)n2N)CC1. The molecule has 118 valence electrons. The van der Waals surface area contributed by atoms with Crippen LogP contribution in [0.25, 0.3) is 0 Å². The number of nitrogen functional groups attached to an aromatic ring is 1. The lowest BCUT2D eigenvalue weighted by Gasteiger charge is -2.36. The first kappa shape index (κ1) is 16.1. The van der Waals surface area contributed by atoms with E-state index in [2.05, 4.69) is 31.0 Å². The minimum absolute atomic E-state index is 0.0495. The Balaban J connectivity index is 1.99. The number of rotatable bonds is 4. The first-order valence-electron chi connectivity index (χ1n) is 7.34. The standard InChI is InChI=1S/C14H24N4O2S/c1-14(2,3)10-6-4-9(5-7-10)12-16-17-13(18(12)15)21-8-11(19)20/h9-10H,4-8,15H2,1-3H3,(H,19,20). The van der Waals surface area contributed by atoms with Crippen molar-refractivity contribution in [3.05, 3.63) is 5.82 Å². The van der Waals surface area contributed by atoms with Crippen molar-refractivity contribution in [2.45, 2.75) is 57.5 Å². The Morgan fingerprint density at radius 1 is 1.33 bits per heavy atom. The average Bonchev–Trinajstić information content (AvgIpc) is 2.77. The molecule has 0 radical (unpaired) electrons. The zero-order chi connectivity index (χ0) is 15.6. The molecule has 1 aliphatic carbocycles. The lowest BCUT2D eigenvalue weighted by atomic mass is 9.70. The zero-order valence-electron chi connectivity index (χ0n) is 12.9. The number of aromatic nitrogens is 3. The zero-order valence-corrected chi connectivity index (χ0v) is 13.7. The van der Waals surface area contributed by atoms with Crippen LogP contribution in [0.15, 0.2) is 5.16 Å². The van der Waals surface area contributed by atoms with Crippen LogP contribution in [0.2, 0.25) is 0 Å². The second-order valence-electron chi connectivity index (χ2n) is 6.81. The van der Waals surface area contributed by atoms with Crippen LogP contribution in [0.4, 0.5) is 0 Å². The summed E-state index contributed by atoms with van der Waals surface area (Å²) in [6, 6.07) is 0. The highest BCUT2D eigenvalue weighted by molar-refractivity contribution is 7.99. The van der Waals surface area contributed by atoms with Gasteiger partial charge in [-0.2, -0.15) is 0 Å². The molecule has 2 rings (SSSR count). The first-order valence-corrected chi connectivity index (χ1v) is 8.32. The number of thioether (sulfide) groups is 1. The Labute approximate surface area is 129 Å². The van der Waals surface area contributed by atoms with E-state index >= 15 is 0 Å². The third kappa shape index (κ3) is 3.90. The monoisotopic (exact) mass is 312 g/mol. The maximum absolute atomic E-state index is 10.6. The molecule has 0 aromatic carbocycles. The summed E-state index contributed by atoms with van der Waals surface area (Å²) in [6.45, 7) is 6.89. The van der Waals surface area contributed by atoms with E-state index in [1.54, 1.807) is 0 Å². The number of aliphatic carboxylic acids is 1. The van der Waals surface area contributed by atoms with E-state index in [1.165, 1.54) is 17.5 Å². The number of carboxylic acids is 1. The third-order valence-electron chi connectivity index (χ3n) is 4.33. The summed E-state index contributed by atoms with van der Waals surface area (Å²) in [7, 11) is 0. The Bertz CT molecular complexity index is 502. The molecule has 7 heteroatoms. The quantitative estimate of drug-likeness (QED) is 0.655. The minimum atomic E-state index is -0.879. The van der Waals surface area contributed by atoms with E-state index in [-0.39, 0.29) is 5.75 Å². The van der Waals surface area contributed by atoms with Crippen LogP contribution in [-0.2, 0) is 4.79 Å². The minimum Gasteiger partial charge on any atom is -0.481 e. The molecule has 1 aromatic heterocycles. The topological polar surface area (TPSA) is 94.0 Å². The van der Waals surface area contributed by atoms with E-state index in [1.807, 2.05) is 0 Å². The fraction of sp³-hybridized carbons (Fsp3) is 0.786. The third-order valence-corrected chi connectivity index (χ3v) is 5.26. The van der Waals surface area contributed by atoms with Crippen molar-refractivity contribution in [1.29, 1.82) is 0 Å². The van der Waals surface area contributed by atoms with Crippen molar-refractivity contribution in [3.8, 4) is 0 Å². The molecule has 3 N–H and O–H groups in total. The molecule has 1 aromatic rings. The van der Waals surface area contributed by atoms with Crippen LogP contribution in [0.5, 0.6) is 0 Å². The summed E-state index contributed by atoms with van der Waals surface area (Å²) in [5.41, 5.74) is 0.351. The van der Waals surface area contributed by atoms with Gasteiger partial charge in [-0.25, -0.2) is 4.68 Å². The molecule has 1 heterocycles. The summed E-state index contributed by atoms with van der Waals surface area (Å²) >= 11 is 1.11. The van der Waals surface area contributed by atoms with Gasteiger partial charge in [0.1, 0.15) is 0 Å². The molecule has 0 bridgehead atoms. The van der Waals surface area contributed by atoms with Crippen molar-refractivity contribution in [3.63, 3.8) is 0 Å². The van der Waals surface area contributed by atoms with Gasteiger partial charge >= 0.3 is 5.97 Å². The Morgan fingerprint density at radius 2 is 1.95 bits per heavy atom. The first-order chi connectivity index (χ1) is 9.79. The summed E-state index contributed by atoms with van der Waals surface area (Å²) in [4.78, 5) is 10.6. The fourth-order valence-corrected chi connectivity index (χ4v) is 3.59. The van der Waals surface area contributed by atoms with Gasteiger partial charge in [0.25, 0.3) is 0 Å². The largest absolute Gasteiger partial charge is 0.481 e. The van der Waals surface area contributed by atoms with Crippen LogP contribution >= 0.6 is 11.8 Å². The normalized spacial score (nSPS) is 23.2. The molecule has 0 unspecified atom stereocenters. The summed E-state index contributed by atoms with van der Waals surface area (Å²) in [6.07, 6.45) is 4.50. The van der Waals surface area contributed by atoms with Crippen LogP contribution in [-0.4, -0.2) is 31.7 Å². The van der Waals surface area contributed by atoms with Gasteiger partial charge in [-0.3, -0.25) is 4.79 Å². The van der Waals surface area contributed by atoms with Gasteiger partial charge in [0.05, 0.1) is 5.75 Å². The number of nitrogens with two attached hydrogens (primary N) is 1. The lowest BCUT2D eigenvalue weighted by Crippen LogP contribution is -2.27. The molecule has 0 aliphatic heterocycles. The maximum Gasteiger partial charge on any atom is 0.313 e. The second-order valence-corrected chi connectivity index (χ2v) is 7.75. The molecular formula is C14H24N4O2S. The summed E-state index contributed by atoms with van der Waals surface area (Å²) in [5, 5.41) is 17.4. The number of hydrogen-bond acceptors (Lipinski definition) is 5. The molecule has 0 spiro atoms. The maximum atomic E-state index is 10.6. The van der Waals surface area contributed by atoms with Crippen molar-refractivity contribution in [2.24, 2.45) is 11.3 Å². The van der Waals surface area contributed by atoms with Gasteiger partial charge in [-0.1, -0.05) is 32.5 Å². The van der Waals surface area contributed by atoms with E-state index in [0.717, 1.165) is 36.3 Å². The van der Waals surface area contributed by atoms with E-state index in [9.17, 15) is 4.79 Å². The van der Waals surface area contributed by atoms with Crippen LogP contribution in [0, 0.1) is 11.3 Å².